The molecule has 2 amide bonds. The summed E-state index contributed by atoms with van der Waals surface area (Å²) in [5.41, 5.74) is 7.03. The number of anilines is 1. The maximum absolute atomic E-state index is 12.4. The number of hydrogen-bond donors (Lipinski definition) is 3. The molecule has 0 bridgehead atoms. The Bertz CT molecular complexity index is 485. The van der Waals surface area contributed by atoms with Crippen molar-refractivity contribution >= 4 is 17.4 Å². The number of benzene rings is 1. The SMILES string of the molecule is CC(CN)=NNC(=O)Nc1cccc(C(F)(F)F)c1. The second kappa shape index (κ2) is 6.19. The first-order valence-corrected chi connectivity index (χ1v) is 5.30. The predicted octanol–water partition coefficient (Wildman–Crippen LogP) is 2.16. The number of alkyl halides is 3. The Kier molecular flexibility index (Phi) is 4.87. The number of carbonyl (C=O) groups is 1. The molecule has 4 N–H and O–H groups in total. The lowest BCUT2D eigenvalue weighted by molar-refractivity contribution is -0.137. The summed E-state index contributed by atoms with van der Waals surface area (Å²) in [6, 6.07) is 3.55. The Hall–Kier alpha value is -2.09. The molecule has 0 aromatic heterocycles. The Morgan fingerprint density at radius 2 is 2.11 bits per heavy atom. The summed E-state index contributed by atoms with van der Waals surface area (Å²) in [5.74, 6) is 0. The van der Waals surface area contributed by atoms with Gasteiger partial charge >= 0.3 is 12.2 Å². The van der Waals surface area contributed by atoms with Gasteiger partial charge in [-0.25, -0.2) is 10.2 Å². The third kappa shape index (κ3) is 4.96. The van der Waals surface area contributed by atoms with E-state index in [9.17, 15) is 18.0 Å². The second-order valence-electron chi connectivity index (χ2n) is 3.70. The third-order valence-corrected chi connectivity index (χ3v) is 2.09. The monoisotopic (exact) mass is 274 g/mol. The number of nitrogens with zero attached hydrogens (tertiary/aromatic N) is 1. The van der Waals surface area contributed by atoms with Crippen LogP contribution in [0.25, 0.3) is 0 Å². The average molecular weight is 274 g/mol. The minimum atomic E-state index is -4.46. The molecular formula is C11H13F3N4O. The maximum atomic E-state index is 12.4. The fraction of sp³-hybridized carbons (Fsp3) is 0.273. The summed E-state index contributed by atoms with van der Waals surface area (Å²) in [7, 11) is 0. The van der Waals surface area contributed by atoms with Gasteiger partial charge in [0.1, 0.15) is 0 Å². The summed E-state index contributed by atoms with van der Waals surface area (Å²) in [4.78, 5) is 11.3. The van der Waals surface area contributed by atoms with Crippen LogP contribution in [0.4, 0.5) is 23.7 Å². The van der Waals surface area contributed by atoms with E-state index >= 15 is 0 Å². The minimum absolute atomic E-state index is 0.0212. The van der Waals surface area contributed by atoms with E-state index in [0.29, 0.717) is 5.71 Å². The van der Waals surface area contributed by atoms with Crippen LogP contribution >= 0.6 is 0 Å². The molecule has 0 aliphatic rings. The number of nitrogens with one attached hydrogen (secondary N) is 2. The van der Waals surface area contributed by atoms with Gasteiger partial charge < -0.3 is 11.1 Å². The van der Waals surface area contributed by atoms with Crippen LogP contribution in [0, 0.1) is 0 Å². The number of hydrazone groups is 1. The summed E-state index contributed by atoms with van der Waals surface area (Å²) >= 11 is 0. The zero-order valence-electron chi connectivity index (χ0n) is 10.1. The molecule has 104 valence electrons. The Balaban J connectivity index is 2.70. The van der Waals surface area contributed by atoms with Crippen LogP contribution in [-0.2, 0) is 6.18 Å². The number of hydrogen-bond acceptors (Lipinski definition) is 3. The molecular weight excluding hydrogens is 261 g/mol. The van der Waals surface area contributed by atoms with E-state index in [1.165, 1.54) is 12.1 Å². The van der Waals surface area contributed by atoms with Gasteiger partial charge in [-0.3, -0.25) is 0 Å². The molecule has 0 aliphatic carbocycles. The maximum Gasteiger partial charge on any atom is 0.416 e. The van der Waals surface area contributed by atoms with Crippen molar-refractivity contribution in [3.05, 3.63) is 29.8 Å². The summed E-state index contributed by atoms with van der Waals surface area (Å²) in [6.45, 7) is 1.77. The van der Waals surface area contributed by atoms with Crippen LogP contribution in [0.1, 0.15) is 12.5 Å². The van der Waals surface area contributed by atoms with Crippen LogP contribution in [0.3, 0.4) is 0 Å². The molecule has 0 saturated heterocycles. The largest absolute Gasteiger partial charge is 0.416 e. The van der Waals surface area contributed by atoms with E-state index in [1.54, 1.807) is 6.92 Å². The van der Waals surface area contributed by atoms with E-state index in [0.717, 1.165) is 12.1 Å². The van der Waals surface area contributed by atoms with Gasteiger partial charge in [0.25, 0.3) is 0 Å². The topological polar surface area (TPSA) is 79.5 Å². The van der Waals surface area contributed by atoms with Crippen molar-refractivity contribution in [3.8, 4) is 0 Å². The molecule has 0 saturated carbocycles. The number of halogens is 3. The summed E-state index contributed by atoms with van der Waals surface area (Å²) in [5, 5.41) is 5.85. The molecule has 8 heteroatoms. The van der Waals surface area contributed by atoms with E-state index in [2.05, 4.69) is 15.8 Å². The molecule has 5 nitrogen and oxygen atoms in total. The standard InChI is InChI=1S/C11H13F3N4O/c1-7(6-15)17-18-10(19)16-9-4-2-3-8(5-9)11(12,13)14/h2-5H,6,15H2,1H3,(H2,16,18,19). The smallest absolute Gasteiger partial charge is 0.325 e. The highest BCUT2D eigenvalue weighted by Gasteiger charge is 2.30. The van der Waals surface area contributed by atoms with Gasteiger partial charge in [0.05, 0.1) is 5.56 Å². The fourth-order valence-electron chi connectivity index (χ4n) is 1.12. The Morgan fingerprint density at radius 3 is 2.68 bits per heavy atom. The first-order chi connectivity index (χ1) is 8.82. The molecule has 0 spiro atoms. The van der Waals surface area contributed by atoms with Gasteiger partial charge in [-0.1, -0.05) is 6.07 Å². The van der Waals surface area contributed by atoms with Crippen molar-refractivity contribution < 1.29 is 18.0 Å². The highest BCUT2D eigenvalue weighted by atomic mass is 19.4. The highest BCUT2D eigenvalue weighted by molar-refractivity contribution is 5.91. The molecule has 1 aromatic carbocycles. The van der Waals surface area contributed by atoms with E-state index < -0.39 is 17.8 Å². The lowest BCUT2D eigenvalue weighted by Crippen LogP contribution is -2.26. The Labute approximate surface area is 107 Å². The molecule has 1 aromatic rings. The first-order valence-electron chi connectivity index (χ1n) is 5.30. The van der Waals surface area contributed by atoms with Crippen molar-refractivity contribution in [1.82, 2.24) is 5.43 Å². The van der Waals surface area contributed by atoms with Crippen LogP contribution < -0.4 is 16.5 Å². The van der Waals surface area contributed by atoms with Gasteiger partial charge in [0.2, 0.25) is 0 Å². The van der Waals surface area contributed by atoms with E-state index in [1.807, 2.05) is 0 Å². The fourth-order valence-corrected chi connectivity index (χ4v) is 1.12. The molecule has 0 heterocycles. The minimum Gasteiger partial charge on any atom is -0.325 e. The molecule has 0 fully saturated rings. The molecule has 0 aliphatic heterocycles. The normalized spacial score (nSPS) is 12.2. The molecule has 0 atom stereocenters. The average Bonchev–Trinajstić information content (AvgIpc) is 2.35. The van der Waals surface area contributed by atoms with Crippen LogP contribution in [-0.4, -0.2) is 18.3 Å². The van der Waals surface area contributed by atoms with Crippen LogP contribution in [0.5, 0.6) is 0 Å². The van der Waals surface area contributed by atoms with E-state index in [4.69, 9.17) is 5.73 Å². The van der Waals surface area contributed by atoms with Crippen molar-refractivity contribution in [1.29, 1.82) is 0 Å². The van der Waals surface area contributed by atoms with Crippen molar-refractivity contribution in [3.63, 3.8) is 0 Å². The number of carbonyl (C=O) groups excluding carboxylic acids is 1. The summed E-state index contributed by atoms with van der Waals surface area (Å²) in [6.07, 6.45) is -4.46. The zero-order valence-corrected chi connectivity index (χ0v) is 10.1. The zero-order chi connectivity index (χ0) is 14.5. The van der Waals surface area contributed by atoms with E-state index in [-0.39, 0.29) is 12.2 Å². The lowest BCUT2D eigenvalue weighted by Gasteiger charge is -2.09. The Morgan fingerprint density at radius 1 is 1.42 bits per heavy atom. The van der Waals surface area contributed by atoms with Crippen molar-refractivity contribution in [2.45, 2.75) is 13.1 Å². The molecule has 0 unspecified atom stereocenters. The molecule has 19 heavy (non-hydrogen) atoms. The van der Waals surface area contributed by atoms with Gasteiger partial charge in [-0.15, -0.1) is 0 Å². The first kappa shape index (κ1) is 15.0. The van der Waals surface area contributed by atoms with Gasteiger partial charge in [-0.2, -0.15) is 18.3 Å². The van der Waals surface area contributed by atoms with Gasteiger partial charge in [-0.05, 0) is 25.1 Å². The summed E-state index contributed by atoms with van der Waals surface area (Å²) < 4.78 is 37.3. The quantitative estimate of drug-likeness (QED) is 0.583. The number of amides is 2. The highest BCUT2D eigenvalue weighted by Crippen LogP contribution is 2.30. The third-order valence-electron chi connectivity index (χ3n) is 2.09. The molecule has 1 rings (SSSR count). The van der Waals surface area contributed by atoms with Gasteiger partial charge in [0, 0.05) is 17.9 Å². The van der Waals surface area contributed by atoms with Crippen LogP contribution in [0.15, 0.2) is 29.4 Å². The van der Waals surface area contributed by atoms with Gasteiger partial charge in [0.15, 0.2) is 0 Å². The van der Waals surface area contributed by atoms with Crippen molar-refractivity contribution in [2.75, 3.05) is 11.9 Å². The lowest BCUT2D eigenvalue weighted by atomic mass is 10.2. The predicted molar refractivity (Wildman–Crippen MR) is 65.8 cm³/mol. The molecule has 0 radical (unpaired) electrons. The van der Waals surface area contributed by atoms with Crippen LogP contribution in [0.2, 0.25) is 0 Å². The van der Waals surface area contributed by atoms with Crippen molar-refractivity contribution in [2.24, 2.45) is 10.8 Å². The number of urea groups is 1. The number of nitrogens with two attached hydrogens (primary N) is 1. The number of rotatable bonds is 3. The second-order valence-corrected chi connectivity index (χ2v) is 3.70.